The Morgan fingerprint density at radius 3 is 3.29 bits per heavy atom. The predicted molar refractivity (Wildman–Crippen MR) is 51.8 cm³/mol. The molecule has 14 heavy (non-hydrogen) atoms. The summed E-state index contributed by atoms with van der Waals surface area (Å²) >= 11 is 0. The van der Waals surface area contributed by atoms with Crippen molar-refractivity contribution in [2.45, 2.75) is 18.9 Å². The Morgan fingerprint density at radius 1 is 1.50 bits per heavy atom. The largest absolute Gasteiger partial charge is 0.437 e. The van der Waals surface area contributed by atoms with E-state index in [0.29, 0.717) is 5.65 Å². The SMILES string of the molecule is c1cnc2nc(C3CCCN3)oc2c1. The third-order valence-corrected chi connectivity index (χ3v) is 2.54. The fourth-order valence-corrected chi connectivity index (χ4v) is 1.83. The predicted octanol–water partition coefficient (Wildman–Crippen LogP) is 1.65. The molecule has 1 fully saturated rings. The molecule has 0 aromatic carbocycles. The Morgan fingerprint density at radius 2 is 2.50 bits per heavy atom. The number of oxazole rings is 1. The third-order valence-electron chi connectivity index (χ3n) is 2.54. The molecular weight excluding hydrogens is 178 g/mol. The van der Waals surface area contributed by atoms with E-state index >= 15 is 0 Å². The van der Waals surface area contributed by atoms with Gasteiger partial charge in [0.25, 0.3) is 0 Å². The summed E-state index contributed by atoms with van der Waals surface area (Å²) in [5.41, 5.74) is 1.48. The van der Waals surface area contributed by atoms with Gasteiger partial charge in [0.05, 0.1) is 6.04 Å². The maximum atomic E-state index is 5.62. The van der Waals surface area contributed by atoms with Crippen molar-refractivity contribution in [3.63, 3.8) is 0 Å². The molecule has 4 heteroatoms. The molecule has 2 aromatic heterocycles. The lowest BCUT2D eigenvalue weighted by molar-refractivity contribution is 0.452. The van der Waals surface area contributed by atoms with Crippen LogP contribution in [0.2, 0.25) is 0 Å². The summed E-state index contributed by atoms with van der Waals surface area (Å²) in [7, 11) is 0. The second-order valence-corrected chi connectivity index (χ2v) is 3.53. The molecule has 72 valence electrons. The number of aromatic nitrogens is 2. The second kappa shape index (κ2) is 3.06. The molecule has 1 unspecified atom stereocenters. The average molecular weight is 189 g/mol. The molecule has 2 aromatic rings. The summed E-state index contributed by atoms with van der Waals surface area (Å²) in [6.45, 7) is 1.05. The third kappa shape index (κ3) is 1.19. The first-order chi connectivity index (χ1) is 6.93. The first-order valence-corrected chi connectivity index (χ1v) is 4.88. The topological polar surface area (TPSA) is 51.0 Å². The first kappa shape index (κ1) is 7.94. The Labute approximate surface area is 81.4 Å². The number of hydrogen-bond donors (Lipinski definition) is 1. The van der Waals surface area contributed by atoms with Crippen LogP contribution in [0.3, 0.4) is 0 Å². The van der Waals surface area contributed by atoms with Crippen molar-refractivity contribution < 1.29 is 4.42 Å². The summed E-state index contributed by atoms with van der Waals surface area (Å²) < 4.78 is 5.62. The highest BCUT2D eigenvalue weighted by atomic mass is 16.3. The minimum atomic E-state index is 0.282. The molecule has 0 amide bonds. The molecule has 0 bridgehead atoms. The number of nitrogens with zero attached hydrogens (tertiary/aromatic N) is 2. The quantitative estimate of drug-likeness (QED) is 0.741. The lowest BCUT2D eigenvalue weighted by atomic mass is 10.2. The van der Waals surface area contributed by atoms with Gasteiger partial charge < -0.3 is 9.73 Å². The summed E-state index contributed by atoms with van der Waals surface area (Å²) in [6, 6.07) is 4.04. The van der Waals surface area contributed by atoms with Gasteiger partial charge in [-0.25, -0.2) is 4.98 Å². The Hall–Kier alpha value is -1.42. The van der Waals surface area contributed by atoms with Gasteiger partial charge in [-0.2, -0.15) is 4.98 Å². The molecule has 4 nitrogen and oxygen atoms in total. The zero-order chi connectivity index (χ0) is 9.38. The standard InChI is InChI=1S/C10H11N3O/c1-3-7(11-5-1)10-13-9-8(14-10)4-2-6-12-9/h2,4,6-7,11H,1,3,5H2. The van der Waals surface area contributed by atoms with Crippen molar-refractivity contribution in [3.05, 3.63) is 24.2 Å². The highest BCUT2D eigenvalue weighted by Gasteiger charge is 2.21. The van der Waals surface area contributed by atoms with Crippen LogP contribution in [0.25, 0.3) is 11.2 Å². The molecule has 1 aliphatic heterocycles. The van der Waals surface area contributed by atoms with Gasteiger partial charge in [0.15, 0.2) is 11.2 Å². The summed E-state index contributed by atoms with van der Waals surface area (Å²) in [4.78, 5) is 8.50. The van der Waals surface area contributed by atoms with Crippen molar-refractivity contribution in [1.29, 1.82) is 0 Å². The van der Waals surface area contributed by atoms with Crippen LogP contribution in [0.5, 0.6) is 0 Å². The van der Waals surface area contributed by atoms with Gasteiger partial charge in [-0.15, -0.1) is 0 Å². The smallest absolute Gasteiger partial charge is 0.214 e. The van der Waals surface area contributed by atoms with E-state index in [1.807, 2.05) is 12.1 Å². The molecule has 1 aliphatic rings. The monoisotopic (exact) mass is 189 g/mol. The zero-order valence-electron chi connectivity index (χ0n) is 7.73. The number of pyridine rings is 1. The van der Waals surface area contributed by atoms with Gasteiger partial charge >= 0.3 is 0 Å². The summed E-state index contributed by atoms with van der Waals surface area (Å²) in [5.74, 6) is 0.774. The van der Waals surface area contributed by atoms with Crippen LogP contribution in [0, 0.1) is 0 Å². The minimum absolute atomic E-state index is 0.282. The van der Waals surface area contributed by atoms with Crippen LogP contribution in [0.1, 0.15) is 24.8 Å². The van der Waals surface area contributed by atoms with Crippen LogP contribution < -0.4 is 5.32 Å². The molecular formula is C10H11N3O. The van der Waals surface area contributed by atoms with Crippen LogP contribution in [-0.4, -0.2) is 16.5 Å². The maximum Gasteiger partial charge on any atom is 0.214 e. The van der Waals surface area contributed by atoms with Crippen molar-refractivity contribution in [2.24, 2.45) is 0 Å². The minimum Gasteiger partial charge on any atom is -0.437 e. The molecule has 3 rings (SSSR count). The lowest BCUT2D eigenvalue weighted by Gasteiger charge is -2.02. The van der Waals surface area contributed by atoms with Crippen molar-refractivity contribution >= 4 is 11.2 Å². The Bertz CT molecular complexity index is 412. The number of hydrogen-bond acceptors (Lipinski definition) is 4. The van der Waals surface area contributed by atoms with Gasteiger partial charge in [0.1, 0.15) is 0 Å². The highest BCUT2D eigenvalue weighted by molar-refractivity contribution is 5.66. The number of fused-ring (bicyclic) bond motifs is 1. The molecule has 0 saturated carbocycles. The molecule has 3 heterocycles. The van der Waals surface area contributed by atoms with Crippen LogP contribution in [0.4, 0.5) is 0 Å². The van der Waals surface area contributed by atoms with E-state index < -0.39 is 0 Å². The summed E-state index contributed by atoms with van der Waals surface area (Å²) in [5, 5.41) is 3.35. The van der Waals surface area contributed by atoms with E-state index in [-0.39, 0.29) is 6.04 Å². The van der Waals surface area contributed by atoms with Gasteiger partial charge in [-0.05, 0) is 31.5 Å². The second-order valence-electron chi connectivity index (χ2n) is 3.53. The van der Waals surface area contributed by atoms with E-state index in [4.69, 9.17) is 4.42 Å². The molecule has 1 atom stereocenters. The molecule has 0 radical (unpaired) electrons. The first-order valence-electron chi connectivity index (χ1n) is 4.88. The van der Waals surface area contributed by atoms with E-state index in [0.717, 1.165) is 24.4 Å². The fourth-order valence-electron chi connectivity index (χ4n) is 1.83. The normalized spacial score (nSPS) is 21.9. The van der Waals surface area contributed by atoms with E-state index in [1.54, 1.807) is 6.20 Å². The van der Waals surface area contributed by atoms with E-state index in [2.05, 4.69) is 15.3 Å². The van der Waals surface area contributed by atoms with Gasteiger partial charge in [0, 0.05) is 6.20 Å². The maximum absolute atomic E-state index is 5.62. The van der Waals surface area contributed by atoms with Crippen molar-refractivity contribution in [3.8, 4) is 0 Å². The Kier molecular flexibility index (Phi) is 1.73. The fraction of sp³-hybridized carbons (Fsp3) is 0.400. The summed E-state index contributed by atoms with van der Waals surface area (Å²) in [6.07, 6.45) is 4.03. The van der Waals surface area contributed by atoms with Crippen LogP contribution >= 0.6 is 0 Å². The van der Waals surface area contributed by atoms with Gasteiger partial charge in [-0.1, -0.05) is 0 Å². The van der Waals surface area contributed by atoms with E-state index in [1.165, 1.54) is 6.42 Å². The molecule has 0 spiro atoms. The average Bonchev–Trinajstić information content (AvgIpc) is 2.86. The van der Waals surface area contributed by atoms with Crippen molar-refractivity contribution in [1.82, 2.24) is 15.3 Å². The zero-order valence-corrected chi connectivity index (χ0v) is 7.73. The molecule has 1 N–H and O–H groups in total. The van der Waals surface area contributed by atoms with Crippen LogP contribution in [0.15, 0.2) is 22.7 Å². The van der Waals surface area contributed by atoms with Crippen molar-refractivity contribution in [2.75, 3.05) is 6.54 Å². The van der Waals surface area contributed by atoms with E-state index in [9.17, 15) is 0 Å². The number of rotatable bonds is 1. The van der Waals surface area contributed by atoms with Gasteiger partial charge in [0.2, 0.25) is 5.89 Å². The van der Waals surface area contributed by atoms with Crippen LogP contribution in [-0.2, 0) is 0 Å². The number of nitrogens with one attached hydrogen (secondary N) is 1. The molecule has 0 aliphatic carbocycles. The lowest BCUT2D eigenvalue weighted by Crippen LogP contribution is -2.12. The molecule has 1 saturated heterocycles. The highest BCUT2D eigenvalue weighted by Crippen LogP contribution is 2.24. The van der Waals surface area contributed by atoms with Gasteiger partial charge in [-0.3, -0.25) is 0 Å². The Balaban J connectivity index is 2.05.